The van der Waals surface area contributed by atoms with Crippen molar-refractivity contribution in [3.63, 3.8) is 0 Å². The minimum absolute atomic E-state index is 0.0205. The van der Waals surface area contributed by atoms with Gasteiger partial charge in [-0.25, -0.2) is 9.18 Å². The van der Waals surface area contributed by atoms with Crippen LogP contribution in [-0.2, 0) is 9.53 Å². The fraction of sp³-hybridized carbons (Fsp3) is 0.417. The largest absolute Gasteiger partial charge is 0.492 e. The summed E-state index contributed by atoms with van der Waals surface area (Å²) in [5, 5.41) is 9.86. The van der Waals surface area contributed by atoms with Gasteiger partial charge in [0, 0.05) is 5.56 Å². The van der Waals surface area contributed by atoms with Gasteiger partial charge in [-0.15, -0.1) is 0 Å². The number of hydrogen-bond acceptors (Lipinski definition) is 5. The Hall–Kier alpha value is -1.82. The molecule has 0 aromatic heterocycles. The molecule has 0 aliphatic heterocycles. The highest BCUT2D eigenvalue weighted by atomic mass is 19.1. The van der Waals surface area contributed by atoms with Crippen molar-refractivity contribution >= 4 is 5.97 Å². The molecule has 100 valence electrons. The van der Waals surface area contributed by atoms with Crippen LogP contribution in [0.1, 0.15) is 17.2 Å². The predicted octanol–water partition coefficient (Wildman–Crippen LogP) is 1.36. The number of halogens is 1. The van der Waals surface area contributed by atoms with E-state index in [0.29, 0.717) is 5.56 Å². The molecule has 18 heavy (non-hydrogen) atoms. The Labute approximate surface area is 104 Å². The van der Waals surface area contributed by atoms with Crippen molar-refractivity contribution in [3.05, 3.63) is 23.0 Å². The molecule has 1 atom stereocenters. The van der Waals surface area contributed by atoms with E-state index in [1.54, 1.807) is 6.92 Å². The smallest absolute Gasteiger partial charge is 0.339 e. The summed E-state index contributed by atoms with van der Waals surface area (Å²) in [6, 6.07) is 1.16. The fourth-order valence-electron chi connectivity index (χ4n) is 1.71. The Balaban J connectivity index is 3.46. The van der Waals surface area contributed by atoms with Gasteiger partial charge in [0.15, 0.2) is 23.4 Å². The van der Waals surface area contributed by atoms with Gasteiger partial charge in [-0.2, -0.15) is 0 Å². The first-order chi connectivity index (χ1) is 8.47. The van der Waals surface area contributed by atoms with Gasteiger partial charge in [0.1, 0.15) is 0 Å². The number of benzene rings is 1. The second kappa shape index (κ2) is 5.68. The molecule has 6 heteroatoms. The van der Waals surface area contributed by atoms with Crippen LogP contribution in [0.5, 0.6) is 11.5 Å². The monoisotopic (exact) mass is 258 g/mol. The van der Waals surface area contributed by atoms with Crippen LogP contribution in [0.15, 0.2) is 6.07 Å². The van der Waals surface area contributed by atoms with Crippen molar-refractivity contribution in [1.29, 1.82) is 0 Å². The van der Waals surface area contributed by atoms with E-state index in [1.807, 2.05) is 0 Å². The van der Waals surface area contributed by atoms with Gasteiger partial charge >= 0.3 is 5.97 Å². The molecule has 0 saturated heterocycles. The summed E-state index contributed by atoms with van der Waals surface area (Å²) >= 11 is 0. The van der Waals surface area contributed by atoms with Gasteiger partial charge in [-0.3, -0.25) is 0 Å². The molecule has 0 bridgehead atoms. The number of aliphatic hydroxyl groups excluding tert-OH is 1. The van der Waals surface area contributed by atoms with Crippen LogP contribution < -0.4 is 9.47 Å². The predicted molar refractivity (Wildman–Crippen MR) is 61.2 cm³/mol. The minimum atomic E-state index is -1.56. The number of aryl methyl sites for hydroxylation is 1. The van der Waals surface area contributed by atoms with Crippen molar-refractivity contribution in [1.82, 2.24) is 0 Å². The van der Waals surface area contributed by atoms with Crippen molar-refractivity contribution in [2.24, 2.45) is 0 Å². The Kier molecular flexibility index (Phi) is 4.49. The third-order valence-electron chi connectivity index (χ3n) is 2.54. The second-order valence-electron chi connectivity index (χ2n) is 3.58. The number of aliphatic hydroxyl groups is 1. The summed E-state index contributed by atoms with van der Waals surface area (Å²) in [7, 11) is 3.71. The number of ether oxygens (including phenoxy) is 3. The average Bonchev–Trinajstić information content (AvgIpc) is 2.36. The van der Waals surface area contributed by atoms with E-state index in [4.69, 9.17) is 9.47 Å². The molecule has 0 amide bonds. The maximum Gasteiger partial charge on any atom is 0.339 e. The molecule has 0 aliphatic carbocycles. The first-order valence-electron chi connectivity index (χ1n) is 5.14. The summed E-state index contributed by atoms with van der Waals surface area (Å²) in [4.78, 5) is 11.4. The molecule has 5 nitrogen and oxygen atoms in total. The number of carbonyl (C=O) groups excluding carboxylic acids is 1. The van der Waals surface area contributed by atoms with E-state index in [0.717, 1.165) is 13.2 Å². The summed E-state index contributed by atoms with van der Waals surface area (Å²) in [6.45, 7) is 1.55. The zero-order valence-corrected chi connectivity index (χ0v) is 10.6. The van der Waals surface area contributed by atoms with Crippen molar-refractivity contribution in [2.45, 2.75) is 13.0 Å². The van der Waals surface area contributed by atoms with E-state index in [2.05, 4.69) is 4.74 Å². The standard InChI is InChI=1S/C12H15FO5/c1-6-5-7(13)10(16-2)11(17-3)8(6)9(14)12(15)18-4/h5,9,14H,1-4H3. The number of methoxy groups -OCH3 is 3. The topological polar surface area (TPSA) is 65.0 Å². The van der Waals surface area contributed by atoms with E-state index in [1.165, 1.54) is 14.2 Å². The lowest BCUT2D eigenvalue weighted by molar-refractivity contribution is -0.150. The molecule has 0 saturated carbocycles. The Morgan fingerprint density at radius 3 is 2.28 bits per heavy atom. The van der Waals surface area contributed by atoms with Crippen molar-refractivity contribution in [2.75, 3.05) is 21.3 Å². The van der Waals surface area contributed by atoms with Crippen LogP contribution in [0.4, 0.5) is 4.39 Å². The van der Waals surface area contributed by atoms with Crippen molar-refractivity contribution in [3.8, 4) is 11.5 Å². The maximum atomic E-state index is 13.6. The van der Waals surface area contributed by atoms with Gasteiger partial charge in [0.25, 0.3) is 0 Å². The Bertz CT molecular complexity index is 458. The lowest BCUT2D eigenvalue weighted by Crippen LogP contribution is -2.16. The summed E-state index contributed by atoms with van der Waals surface area (Å²) in [6.07, 6.45) is -1.56. The lowest BCUT2D eigenvalue weighted by Gasteiger charge is -2.18. The molecule has 1 aromatic rings. The van der Waals surface area contributed by atoms with E-state index in [-0.39, 0.29) is 17.1 Å². The number of carbonyl (C=O) groups is 1. The average molecular weight is 258 g/mol. The van der Waals surface area contributed by atoms with Crippen LogP contribution in [-0.4, -0.2) is 32.4 Å². The normalized spacial score (nSPS) is 11.9. The molecule has 1 unspecified atom stereocenters. The summed E-state index contributed by atoms with van der Waals surface area (Å²) in [5.74, 6) is -1.67. The maximum absolute atomic E-state index is 13.6. The number of esters is 1. The van der Waals surface area contributed by atoms with Gasteiger partial charge in [0.05, 0.1) is 21.3 Å². The zero-order chi connectivity index (χ0) is 13.9. The SMILES string of the molecule is COC(=O)C(O)c1c(C)cc(F)c(OC)c1OC. The second-order valence-corrected chi connectivity index (χ2v) is 3.58. The van der Waals surface area contributed by atoms with E-state index < -0.39 is 17.9 Å². The molecule has 0 aliphatic rings. The van der Waals surface area contributed by atoms with Crippen molar-refractivity contribution < 1.29 is 28.5 Å². The van der Waals surface area contributed by atoms with Crippen LogP contribution in [0.2, 0.25) is 0 Å². The molecule has 1 N–H and O–H groups in total. The zero-order valence-electron chi connectivity index (χ0n) is 10.6. The molecular weight excluding hydrogens is 243 g/mol. The van der Waals surface area contributed by atoms with Gasteiger partial charge in [0.2, 0.25) is 0 Å². The highest BCUT2D eigenvalue weighted by Crippen LogP contribution is 2.39. The third kappa shape index (κ3) is 2.38. The minimum Gasteiger partial charge on any atom is -0.492 e. The van der Waals surface area contributed by atoms with Crippen LogP contribution in [0.25, 0.3) is 0 Å². The molecule has 1 rings (SSSR count). The Morgan fingerprint density at radius 2 is 1.83 bits per heavy atom. The number of hydrogen-bond donors (Lipinski definition) is 1. The van der Waals surface area contributed by atoms with Gasteiger partial charge in [-0.1, -0.05) is 0 Å². The molecule has 0 spiro atoms. The molecule has 0 radical (unpaired) electrons. The van der Waals surface area contributed by atoms with E-state index >= 15 is 0 Å². The molecular formula is C12H15FO5. The molecule has 1 aromatic carbocycles. The van der Waals surface area contributed by atoms with E-state index in [9.17, 15) is 14.3 Å². The third-order valence-corrected chi connectivity index (χ3v) is 2.54. The lowest BCUT2D eigenvalue weighted by atomic mass is 10.0. The van der Waals surface area contributed by atoms with Crippen LogP contribution >= 0.6 is 0 Å². The molecule has 0 heterocycles. The fourth-order valence-corrected chi connectivity index (χ4v) is 1.71. The quantitative estimate of drug-likeness (QED) is 0.826. The summed E-state index contributed by atoms with van der Waals surface area (Å²) in [5.41, 5.74) is 0.491. The van der Waals surface area contributed by atoms with Crippen LogP contribution in [0, 0.1) is 12.7 Å². The molecule has 0 fully saturated rings. The highest BCUT2D eigenvalue weighted by Gasteiger charge is 2.28. The summed E-state index contributed by atoms with van der Waals surface area (Å²) < 4.78 is 27.9. The highest BCUT2D eigenvalue weighted by molar-refractivity contribution is 5.78. The first kappa shape index (κ1) is 14.2. The first-order valence-corrected chi connectivity index (χ1v) is 5.14. The number of rotatable bonds is 4. The van der Waals surface area contributed by atoms with Gasteiger partial charge in [-0.05, 0) is 18.6 Å². The van der Waals surface area contributed by atoms with Crippen LogP contribution in [0.3, 0.4) is 0 Å². The van der Waals surface area contributed by atoms with Gasteiger partial charge < -0.3 is 19.3 Å². The Morgan fingerprint density at radius 1 is 1.28 bits per heavy atom.